The van der Waals surface area contributed by atoms with Crippen molar-refractivity contribution in [1.82, 2.24) is 10.2 Å². The van der Waals surface area contributed by atoms with Gasteiger partial charge in [-0.2, -0.15) is 0 Å². The van der Waals surface area contributed by atoms with Crippen LogP contribution in [0.2, 0.25) is 0 Å². The normalized spacial score (nSPS) is 26.7. The molecule has 2 aliphatic rings. The third-order valence-corrected chi connectivity index (χ3v) is 5.92. The number of halogens is 1. The molecule has 1 fully saturated rings. The van der Waals surface area contributed by atoms with Crippen LogP contribution >= 0.6 is 7.82 Å². The van der Waals surface area contributed by atoms with Crippen LogP contribution in [0.3, 0.4) is 0 Å². The van der Waals surface area contributed by atoms with Crippen LogP contribution in [-0.2, 0) is 46.6 Å². The summed E-state index contributed by atoms with van der Waals surface area (Å²) in [4.78, 5) is 34.8. The molecule has 2 rings (SSSR count). The van der Waals surface area contributed by atoms with Gasteiger partial charge in [0.2, 0.25) is 25.8 Å². The lowest BCUT2D eigenvalue weighted by atomic mass is 9.96. The summed E-state index contributed by atoms with van der Waals surface area (Å²) in [6.07, 6.45) is -2.10. The fraction of sp³-hybridized carbons (Fsp3) is 0.706. The summed E-state index contributed by atoms with van der Waals surface area (Å²) in [6.45, 7) is -1.92. The molecule has 15 nitrogen and oxygen atoms in total. The molecule has 34 heavy (non-hydrogen) atoms. The van der Waals surface area contributed by atoms with Crippen molar-refractivity contribution in [3.8, 4) is 0 Å². The second-order valence-corrected chi connectivity index (χ2v) is 8.73. The van der Waals surface area contributed by atoms with E-state index in [0.29, 0.717) is 0 Å². The quantitative estimate of drug-likeness (QED) is 0.225. The van der Waals surface area contributed by atoms with Crippen molar-refractivity contribution in [3.63, 3.8) is 0 Å². The standard InChI is InChI=1S/C17H26FN2O13P/c1-11-6-17(7-18,33-13(11)20-5-4-12(21)19-14(20)22)8-30-34(25,31-9-28-15(23)26-2)32-10-29-16(24)27-3/h4-5,11,13-14,22H,6-10H2,1-3H3,(H,19,21)/t11-,13+,14?,17+/m0/s1. The molecule has 194 valence electrons. The van der Waals surface area contributed by atoms with Crippen LogP contribution < -0.4 is 5.32 Å². The lowest BCUT2D eigenvalue weighted by Gasteiger charge is -2.37. The number of rotatable bonds is 11. The van der Waals surface area contributed by atoms with E-state index < -0.39 is 71.1 Å². The second kappa shape index (κ2) is 12.3. The van der Waals surface area contributed by atoms with Gasteiger partial charge in [0, 0.05) is 18.2 Å². The molecule has 1 unspecified atom stereocenters. The number of carbonyl (C=O) groups excluding carboxylic acids is 3. The van der Waals surface area contributed by atoms with Gasteiger partial charge in [-0.15, -0.1) is 0 Å². The van der Waals surface area contributed by atoms with Gasteiger partial charge in [-0.3, -0.25) is 9.32 Å². The summed E-state index contributed by atoms with van der Waals surface area (Å²) in [5.74, 6) is -0.895. The molecule has 4 atom stereocenters. The van der Waals surface area contributed by atoms with Crippen LogP contribution in [0.4, 0.5) is 14.0 Å². The van der Waals surface area contributed by atoms with E-state index in [4.69, 9.17) is 18.3 Å². The average Bonchev–Trinajstić information content (AvgIpc) is 3.14. The molecule has 0 bridgehead atoms. The zero-order valence-corrected chi connectivity index (χ0v) is 19.4. The van der Waals surface area contributed by atoms with E-state index >= 15 is 0 Å². The highest BCUT2D eigenvalue weighted by molar-refractivity contribution is 7.48. The molecule has 2 heterocycles. The number of phosphoric ester groups is 1. The Labute approximate surface area is 193 Å². The molecule has 0 saturated carbocycles. The van der Waals surface area contributed by atoms with Gasteiger partial charge in [-0.05, 0) is 6.42 Å². The Bertz CT molecular complexity index is 788. The maximum Gasteiger partial charge on any atom is 0.510 e. The van der Waals surface area contributed by atoms with Crippen molar-refractivity contribution in [2.45, 2.75) is 31.5 Å². The highest BCUT2D eigenvalue weighted by atomic mass is 31.2. The number of ether oxygens (including phenoxy) is 5. The highest BCUT2D eigenvalue weighted by Gasteiger charge is 2.50. The molecular formula is C17H26FN2O13P. The molecule has 0 aromatic heterocycles. The number of carbonyl (C=O) groups is 3. The monoisotopic (exact) mass is 516 g/mol. The predicted molar refractivity (Wildman–Crippen MR) is 105 cm³/mol. The van der Waals surface area contributed by atoms with Gasteiger partial charge >= 0.3 is 20.1 Å². The Morgan fingerprint density at radius 2 is 1.82 bits per heavy atom. The van der Waals surface area contributed by atoms with Crippen LogP contribution in [0.1, 0.15) is 13.3 Å². The Kier molecular flexibility index (Phi) is 10.0. The van der Waals surface area contributed by atoms with E-state index in [0.717, 1.165) is 20.3 Å². The van der Waals surface area contributed by atoms with E-state index in [-0.39, 0.29) is 12.3 Å². The SMILES string of the molecule is COC(=O)OCOP(=O)(OCOC(=O)OC)OC[C@]1(CF)C[C@H](C)[C@H](N2C=CC(=O)NC2O)O1. The van der Waals surface area contributed by atoms with E-state index in [9.17, 15) is 28.4 Å². The maximum absolute atomic E-state index is 14.1. The van der Waals surface area contributed by atoms with Crippen LogP contribution in [0, 0.1) is 5.92 Å². The summed E-state index contributed by atoms with van der Waals surface area (Å²) in [5, 5.41) is 12.4. The van der Waals surface area contributed by atoms with Crippen LogP contribution in [0.25, 0.3) is 0 Å². The molecule has 2 aliphatic heterocycles. The van der Waals surface area contributed by atoms with Crippen LogP contribution in [0.5, 0.6) is 0 Å². The summed E-state index contributed by atoms with van der Waals surface area (Å²) < 4.78 is 65.0. The smallest absolute Gasteiger partial charge is 0.438 e. The largest absolute Gasteiger partial charge is 0.510 e. The molecule has 0 spiro atoms. The minimum Gasteiger partial charge on any atom is -0.438 e. The van der Waals surface area contributed by atoms with Crippen molar-refractivity contribution in [2.75, 3.05) is 41.1 Å². The topological polar surface area (TPSA) is 178 Å². The number of aliphatic hydroxyl groups excluding tert-OH is 1. The minimum absolute atomic E-state index is 0.0521. The lowest BCUT2D eigenvalue weighted by Crippen LogP contribution is -2.54. The van der Waals surface area contributed by atoms with Gasteiger partial charge in [0.25, 0.3) is 0 Å². The Balaban J connectivity index is 2.06. The molecule has 1 amide bonds. The van der Waals surface area contributed by atoms with Gasteiger partial charge in [-0.25, -0.2) is 27.6 Å². The minimum atomic E-state index is -4.60. The first-order chi connectivity index (χ1) is 16.1. The first-order valence-corrected chi connectivity index (χ1v) is 11.2. The predicted octanol–water partition coefficient (Wildman–Crippen LogP) is 0.938. The van der Waals surface area contributed by atoms with E-state index in [1.54, 1.807) is 6.92 Å². The fourth-order valence-corrected chi connectivity index (χ4v) is 4.07. The van der Waals surface area contributed by atoms with Crippen molar-refractivity contribution in [3.05, 3.63) is 12.3 Å². The maximum atomic E-state index is 14.1. The number of alkyl halides is 1. The number of nitrogens with one attached hydrogen (secondary N) is 1. The number of phosphoric acid groups is 1. The van der Waals surface area contributed by atoms with Crippen LogP contribution in [-0.4, -0.2) is 87.5 Å². The first-order valence-electron chi connectivity index (χ1n) is 9.70. The van der Waals surface area contributed by atoms with Crippen molar-refractivity contribution in [2.24, 2.45) is 5.92 Å². The molecule has 0 aromatic rings. The number of methoxy groups -OCH3 is 2. The Morgan fingerprint density at radius 1 is 1.24 bits per heavy atom. The second-order valence-electron chi connectivity index (χ2n) is 7.06. The average molecular weight is 516 g/mol. The number of hydrogen-bond donors (Lipinski definition) is 2. The van der Waals surface area contributed by atoms with E-state index in [2.05, 4.69) is 24.3 Å². The fourth-order valence-electron chi connectivity index (χ4n) is 3.09. The third kappa shape index (κ3) is 7.51. The van der Waals surface area contributed by atoms with Gasteiger partial charge < -0.3 is 39.0 Å². The summed E-state index contributed by atoms with van der Waals surface area (Å²) >= 11 is 0. The van der Waals surface area contributed by atoms with Crippen molar-refractivity contribution >= 4 is 26.0 Å². The number of aliphatic hydroxyl groups is 1. The van der Waals surface area contributed by atoms with Gasteiger partial charge in [-0.1, -0.05) is 6.92 Å². The van der Waals surface area contributed by atoms with Gasteiger partial charge in [0.05, 0.1) is 20.8 Å². The van der Waals surface area contributed by atoms with Gasteiger partial charge in [0.1, 0.15) is 18.5 Å². The summed E-state index contributed by atoms with van der Waals surface area (Å²) in [7, 11) is -2.55. The van der Waals surface area contributed by atoms with Crippen molar-refractivity contribution < 1.29 is 65.7 Å². The van der Waals surface area contributed by atoms with E-state index in [1.165, 1.54) is 11.1 Å². The molecule has 0 aromatic carbocycles. The zero-order chi connectivity index (χ0) is 25.4. The first kappa shape index (κ1) is 27.8. The molecule has 2 N–H and O–H groups in total. The van der Waals surface area contributed by atoms with E-state index in [1.807, 2.05) is 0 Å². The lowest BCUT2D eigenvalue weighted by molar-refractivity contribution is -0.170. The molecule has 1 saturated heterocycles. The molecule has 17 heteroatoms. The van der Waals surface area contributed by atoms with Gasteiger partial charge in [0.15, 0.2) is 0 Å². The number of amides is 1. The number of nitrogens with zero attached hydrogens (tertiary/aromatic N) is 1. The zero-order valence-electron chi connectivity index (χ0n) is 18.5. The van der Waals surface area contributed by atoms with Crippen molar-refractivity contribution in [1.29, 1.82) is 0 Å². The molecular weight excluding hydrogens is 490 g/mol. The van der Waals surface area contributed by atoms with Crippen LogP contribution in [0.15, 0.2) is 12.3 Å². The highest BCUT2D eigenvalue weighted by Crippen LogP contribution is 2.51. The third-order valence-electron chi connectivity index (χ3n) is 4.63. The molecule has 0 aliphatic carbocycles. The Morgan fingerprint density at radius 3 is 2.32 bits per heavy atom. The molecule has 0 radical (unpaired) electrons. The number of hydrogen-bond acceptors (Lipinski definition) is 14. The summed E-state index contributed by atoms with van der Waals surface area (Å²) in [6, 6.07) is 0. The Hall–Kier alpha value is -2.49. The summed E-state index contributed by atoms with van der Waals surface area (Å²) in [5.41, 5.74) is -1.64.